The van der Waals surface area contributed by atoms with Gasteiger partial charge in [-0.05, 0) is 35.9 Å². The summed E-state index contributed by atoms with van der Waals surface area (Å²) < 4.78 is 5.23. The highest BCUT2D eigenvalue weighted by Crippen LogP contribution is 2.23. The smallest absolute Gasteiger partial charge is 0.119 e. The Bertz CT molecular complexity index is 672. The van der Waals surface area contributed by atoms with Gasteiger partial charge in [0.15, 0.2) is 0 Å². The molecule has 1 aliphatic rings. The Balaban J connectivity index is 1.55. The zero-order valence-corrected chi connectivity index (χ0v) is 14.6. The van der Waals surface area contributed by atoms with E-state index in [4.69, 9.17) is 16.3 Å². The van der Waals surface area contributed by atoms with Crippen molar-refractivity contribution >= 4 is 17.3 Å². The van der Waals surface area contributed by atoms with Crippen LogP contribution in [0.1, 0.15) is 11.7 Å². The SMILES string of the molecule is COc1cccc(C(O)CN2CCN(c3cccc(Cl)c3)CC2)c1. The van der Waals surface area contributed by atoms with E-state index in [1.54, 1.807) is 7.11 Å². The van der Waals surface area contributed by atoms with E-state index in [2.05, 4.69) is 15.9 Å². The van der Waals surface area contributed by atoms with Gasteiger partial charge in [0, 0.05) is 43.4 Å². The number of nitrogens with zero attached hydrogens (tertiary/aromatic N) is 2. The number of halogens is 1. The van der Waals surface area contributed by atoms with E-state index in [-0.39, 0.29) is 0 Å². The highest BCUT2D eigenvalue weighted by atomic mass is 35.5. The fourth-order valence-corrected chi connectivity index (χ4v) is 3.24. The zero-order valence-electron chi connectivity index (χ0n) is 13.9. The summed E-state index contributed by atoms with van der Waals surface area (Å²) in [7, 11) is 1.64. The van der Waals surface area contributed by atoms with Crippen LogP contribution < -0.4 is 9.64 Å². The van der Waals surface area contributed by atoms with Crippen molar-refractivity contribution in [2.75, 3.05) is 44.7 Å². The molecule has 24 heavy (non-hydrogen) atoms. The van der Waals surface area contributed by atoms with Crippen molar-refractivity contribution < 1.29 is 9.84 Å². The molecule has 2 aromatic carbocycles. The first-order valence-corrected chi connectivity index (χ1v) is 8.58. The maximum Gasteiger partial charge on any atom is 0.119 e. The molecule has 1 N–H and O–H groups in total. The molecule has 1 aliphatic heterocycles. The van der Waals surface area contributed by atoms with E-state index < -0.39 is 6.10 Å². The molecule has 1 unspecified atom stereocenters. The zero-order chi connectivity index (χ0) is 16.9. The van der Waals surface area contributed by atoms with Gasteiger partial charge in [-0.25, -0.2) is 0 Å². The normalized spacial score (nSPS) is 16.9. The third-order valence-corrected chi connectivity index (χ3v) is 4.69. The highest BCUT2D eigenvalue weighted by Gasteiger charge is 2.20. The number of ether oxygens (including phenoxy) is 1. The number of hydrogen-bond donors (Lipinski definition) is 1. The van der Waals surface area contributed by atoms with Crippen molar-refractivity contribution in [1.29, 1.82) is 0 Å². The Hall–Kier alpha value is -1.75. The van der Waals surface area contributed by atoms with E-state index in [1.807, 2.05) is 42.5 Å². The molecule has 0 saturated carbocycles. The molecule has 1 atom stereocenters. The maximum atomic E-state index is 10.5. The molecule has 0 aromatic heterocycles. The molecule has 128 valence electrons. The summed E-state index contributed by atoms with van der Waals surface area (Å²) >= 11 is 6.07. The van der Waals surface area contributed by atoms with E-state index in [0.29, 0.717) is 6.54 Å². The van der Waals surface area contributed by atoms with Gasteiger partial charge in [-0.3, -0.25) is 4.90 Å². The van der Waals surface area contributed by atoms with Crippen molar-refractivity contribution in [1.82, 2.24) is 4.90 Å². The lowest BCUT2D eigenvalue weighted by molar-refractivity contribution is 0.109. The molecule has 3 rings (SSSR count). The van der Waals surface area contributed by atoms with Gasteiger partial charge in [-0.2, -0.15) is 0 Å². The molecule has 5 heteroatoms. The lowest BCUT2D eigenvalue weighted by atomic mass is 10.1. The van der Waals surface area contributed by atoms with E-state index >= 15 is 0 Å². The second-order valence-corrected chi connectivity index (χ2v) is 6.50. The summed E-state index contributed by atoms with van der Waals surface area (Å²) in [6.45, 7) is 4.36. The molecule has 4 nitrogen and oxygen atoms in total. The predicted molar refractivity (Wildman–Crippen MR) is 98.1 cm³/mol. The van der Waals surface area contributed by atoms with E-state index in [1.165, 1.54) is 0 Å². The fourth-order valence-electron chi connectivity index (χ4n) is 3.06. The molecule has 1 fully saturated rings. The molecule has 0 amide bonds. The molecular weight excluding hydrogens is 324 g/mol. The van der Waals surface area contributed by atoms with Gasteiger partial charge in [0.25, 0.3) is 0 Å². The van der Waals surface area contributed by atoms with Crippen LogP contribution in [-0.4, -0.2) is 49.8 Å². The fraction of sp³-hybridized carbons (Fsp3) is 0.368. The Morgan fingerprint density at radius 2 is 1.83 bits per heavy atom. The molecule has 0 aliphatic carbocycles. The standard InChI is InChI=1S/C19H23ClN2O2/c1-24-18-7-2-4-15(12-18)19(23)14-21-8-10-22(11-9-21)17-6-3-5-16(20)13-17/h2-7,12-13,19,23H,8-11,14H2,1H3. The Morgan fingerprint density at radius 3 is 2.54 bits per heavy atom. The van der Waals surface area contributed by atoms with Crippen molar-refractivity contribution in [2.24, 2.45) is 0 Å². The number of aliphatic hydroxyl groups is 1. The predicted octanol–water partition coefficient (Wildman–Crippen LogP) is 3.20. The topological polar surface area (TPSA) is 35.9 Å². The van der Waals surface area contributed by atoms with Crippen molar-refractivity contribution in [3.05, 3.63) is 59.1 Å². The minimum Gasteiger partial charge on any atom is -0.497 e. The van der Waals surface area contributed by atoms with Gasteiger partial charge in [0.2, 0.25) is 0 Å². The lowest BCUT2D eigenvalue weighted by Crippen LogP contribution is -2.47. The van der Waals surface area contributed by atoms with Crippen LogP contribution in [0.4, 0.5) is 5.69 Å². The average molecular weight is 347 g/mol. The minimum absolute atomic E-state index is 0.502. The van der Waals surface area contributed by atoms with Gasteiger partial charge in [-0.1, -0.05) is 29.8 Å². The first-order chi connectivity index (χ1) is 11.7. The quantitative estimate of drug-likeness (QED) is 0.902. The third kappa shape index (κ3) is 4.20. The minimum atomic E-state index is -0.502. The summed E-state index contributed by atoms with van der Waals surface area (Å²) in [5.41, 5.74) is 2.06. The number of β-amino-alcohol motifs (C(OH)–C–C–N with tert-alkyl or cyclic N) is 1. The molecule has 0 spiro atoms. The third-order valence-electron chi connectivity index (χ3n) is 4.46. The van der Waals surface area contributed by atoms with Crippen molar-refractivity contribution in [3.8, 4) is 5.75 Å². The van der Waals surface area contributed by atoms with Crippen LogP contribution >= 0.6 is 11.6 Å². The number of anilines is 1. The van der Waals surface area contributed by atoms with Crippen molar-refractivity contribution in [3.63, 3.8) is 0 Å². The molecule has 0 bridgehead atoms. The second-order valence-electron chi connectivity index (χ2n) is 6.06. The van der Waals surface area contributed by atoms with Crippen LogP contribution in [-0.2, 0) is 0 Å². The Morgan fingerprint density at radius 1 is 1.08 bits per heavy atom. The summed E-state index contributed by atoms with van der Waals surface area (Å²) in [5, 5.41) is 11.3. The van der Waals surface area contributed by atoms with Crippen LogP contribution in [0.5, 0.6) is 5.75 Å². The number of methoxy groups -OCH3 is 1. The van der Waals surface area contributed by atoms with Gasteiger partial charge < -0.3 is 14.7 Å². The lowest BCUT2D eigenvalue weighted by Gasteiger charge is -2.37. The molecule has 1 heterocycles. The summed E-state index contributed by atoms with van der Waals surface area (Å²) in [6.07, 6.45) is -0.502. The van der Waals surface area contributed by atoms with E-state index in [0.717, 1.165) is 48.2 Å². The first-order valence-electron chi connectivity index (χ1n) is 8.20. The van der Waals surface area contributed by atoms with Crippen molar-refractivity contribution in [2.45, 2.75) is 6.10 Å². The molecular formula is C19H23ClN2O2. The summed E-state index contributed by atoms with van der Waals surface area (Å²) in [5.74, 6) is 0.775. The highest BCUT2D eigenvalue weighted by molar-refractivity contribution is 6.30. The number of rotatable bonds is 5. The monoisotopic (exact) mass is 346 g/mol. The van der Waals surface area contributed by atoms with Crippen LogP contribution in [0, 0.1) is 0 Å². The average Bonchev–Trinajstić information content (AvgIpc) is 2.62. The Kier molecular flexibility index (Phi) is 5.61. The summed E-state index contributed by atoms with van der Waals surface area (Å²) in [6, 6.07) is 15.6. The van der Waals surface area contributed by atoms with Gasteiger partial charge in [0.05, 0.1) is 13.2 Å². The van der Waals surface area contributed by atoms with Crippen LogP contribution in [0.2, 0.25) is 5.02 Å². The maximum absolute atomic E-state index is 10.5. The molecule has 0 radical (unpaired) electrons. The van der Waals surface area contributed by atoms with Gasteiger partial charge in [-0.15, -0.1) is 0 Å². The van der Waals surface area contributed by atoms with Crippen LogP contribution in [0.3, 0.4) is 0 Å². The number of piperazine rings is 1. The van der Waals surface area contributed by atoms with Gasteiger partial charge >= 0.3 is 0 Å². The number of benzene rings is 2. The Labute approximate surface area is 148 Å². The number of aliphatic hydroxyl groups excluding tert-OH is 1. The summed E-state index contributed by atoms with van der Waals surface area (Å²) in [4.78, 5) is 4.63. The van der Waals surface area contributed by atoms with Crippen LogP contribution in [0.25, 0.3) is 0 Å². The number of hydrogen-bond acceptors (Lipinski definition) is 4. The first kappa shape index (κ1) is 17.1. The van der Waals surface area contributed by atoms with E-state index in [9.17, 15) is 5.11 Å². The molecule has 2 aromatic rings. The van der Waals surface area contributed by atoms with Crippen LogP contribution in [0.15, 0.2) is 48.5 Å². The molecule has 1 saturated heterocycles. The van der Waals surface area contributed by atoms with Gasteiger partial charge in [0.1, 0.15) is 5.75 Å². The largest absolute Gasteiger partial charge is 0.497 e. The second kappa shape index (κ2) is 7.88.